The van der Waals surface area contributed by atoms with E-state index in [0.717, 1.165) is 29.2 Å². The van der Waals surface area contributed by atoms with Gasteiger partial charge in [-0.05, 0) is 5.22 Å². The maximum atomic E-state index is 5.41. The highest BCUT2D eigenvalue weighted by Crippen LogP contribution is 2.15. The van der Waals surface area contributed by atoms with Gasteiger partial charge in [0.1, 0.15) is 5.75 Å². The number of fused-ring (bicyclic) bond motifs is 1. The molecule has 0 atom stereocenters. The minimum Gasteiger partial charge on any atom is -0.492 e. The molecule has 0 bridgehead atoms. The summed E-state index contributed by atoms with van der Waals surface area (Å²) >= 11 is 0. The monoisotopic (exact) mass is 146 g/mol. The summed E-state index contributed by atoms with van der Waals surface area (Å²) in [6, 6.07) is 3.95. The zero-order chi connectivity index (χ0) is 7.84. The van der Waals surface area contributed by atoms with Crippen molar-refractivity contribution in [3.8, 4) is 5.75 Å². The number of ether oxygens (including phenoxy) is 1. The summed E-state index contributed by atoms with van der Waals surface area (Å²) in [6.45, 7) is 8.59. The lowest BCUT2D eigenvalue weighted by Gasteiger charge is -1.97. The summed E-state index contributed by atoms with van der Waals surface area (Å²) in [6.07, 6.45) is 0.984. The number of hydrogen-bond donors (Lipinski definition) is 0. The first-order chi connectivity index (χ1) is 5.29. The summed E-state index contributed by atoms with van der Waals surface area (Å²) in [5.41, 5.74) is 1.23. The van der Waals surface area contributed by atoms with Crippen molar-refractivity contribution in [2.24, 2.45) is 0 Å². The first kappa shape index (κ1) is 6.47. The summed E-state index contributed by atoms with van der Waals surface area (Å²) < 4.78 is 5.41. The summed E-state index contributed by atoms with van der Waals surface area (Å²) in [7, 11) is 0. The Balaban J connectivity index is 2.84. The van der Waals surface area contributed by atoms with Crippen molar-refractivity contribution in [3.63, 3.8) is 0 Å². The second-order valence-corrected chi connectivity index (χ2v) is 2.79. The Morgan fingerprint density at radius 2 is 1.91 bits per heavy atom. The molecule has 1 aromatic carbocycles. The van der Waals surface area contributed by atoms with Gasteiger partial charge in [0.25, 0.3) is 0 Å². The van der Waals surface area contributed by atoms with Crippen molar-refractivity contribution in [3.05, 3.63) is 28.1 Å². The Bertz CT molecular complexity index is 342. The molecule has 0 spiro atoms. The predicted molar refractivity (Wildman–Crippen MR) is 45.9 cm³/mol. The summed E-state index contributed by atoms with van der Waals surface area (Å²) in [5, 5.41) is 2.05. The molecule has 1 heterocycles. The molecule has 56 valence electrons. The highest BCUT2D eigenvalue weighted by molar-refractivity contribution is 5.41. The van der Waals surface area contributed by atoms with Gasteiger partial charge in [0, 0.05) is 17.2 Å². The van der Waals surface area contributed by atoms with Crippen LogP contribution in [0.2, 0.25) is 0 Å². The van der Waals surface area contributed by atoms with E-state index >= 15 is 0 Å². The van der Waals surface area contributed by atoms with Gasteiger partial charge in [-0.1, -0.05) is 25.3 Å². The van der Waals surface area contributed by atoms with Crippen LogP contribution in [0.5, 0.6) is 5.75 Å². The smallest absolute Gasteiger partial charge is 0.129 e. The fourth-order valence-corrected chi connectivity index (χ4v) is 1.43. The maximum Gasteiger partial charge on any atom is 0.129 e. The van der Waals surface area contributed by atoms with Crippen LogP contribution in [0.3, 0.4) is 0 Å². The molecule has 1 aliphatic rings. The SMILES string of the molecule is C=c1ccc(=C)c2c1CCO2. The molecule has 0 saturated heterocycles. The molecule has 0 aliphatic carbocycles. The largest absolute Gasteiger partial charge is 0.492 e. The van der Waals surface area contributed by atoms with Crippen molar-refractivity contribution in [2.45, 2.75) is 6.42 Å². The molecule has 0 unspecified atom stereocenters. The molecule has 2 rings (SSSR count). The standard InChI is InChI=1S/C10H10O/c1-7-3-4-8(2)10-9(7)5-6-11-10/h3-4H,1-2,5-6H2. The number of rotatable bonds is 0. The van der Waals surface area contributed by atoms with E-state index in [2.05, 4.69) is 13.2 Å². The van der Waals surface area contributed by atoms with Crippen molar-refractivity contribution < 1.29 is 4.74 Å². The van der Waals surface area contributed by atoms with Crippen molar-refractivity contribution in [1.82, 2.24) is 0 Å². The molecule has 1 nitrogen and oxygen atoms in total. The van der Waals surface area contributed by atoms with E-state index in [9.17, 15) is 0 Å². The van der Waals surface area contributed by atoms with Gasteiger partial charge in [-0.2, -0.15) is 0 Å². The third kappa shape index (κ3) is 0.845. The molecule has 0 amide bonds. The molecular weight excluding hydrogens is 136 g/mol. The van der Waals surface area contributed by atoms with Crippen molar-refractivity contribution in [1.29, 1.82) is 0 Å². The van der Waals surface area contributed by atoms with Gasteiger partial charge < -0.3 is 4.74 Å². The van der Waals surface area contributed by atoms with Crippen LogP contribution >= 0.6 is 0 Å². The predicted octanol–water partition coefficient (Wildman–Crippen LogP) is 0.442. The minimum atomic E-state index is 0.782. The zero-order valence-electron chi connectivity index (χ0n) is 6.39. The summed E-state index contributed by atoms with van der Waals surface area (Å²) in [4.78, 5) is 0. The Kier molecular flexibility index (Phi) is 1.25. The average molecular weight is 146 g/mol. The Morgan fingerprint density at radius 1 is 1.18 bits per heavy atom. The van der Waals surface area contributed by atoms with Crippen LogP contribution in [0, 0.1) is 0 Å². The van der Waals surface area contributed by atoms with Gasteiger partial charge in [0.05, 0.1) is 6.61 Å². The summed E-state index contributed by atoms with van der Waals surface area (Å²) in [5.74, 6) is 0.956. The van der Waals surface area contributed by atoms with Crippen LogP contribution < -0.4 is 15.2 Å². The normalized spacial score (nSPS) is 14.2. The first-order valence-electron chi connectivity index (χ1n) is 3.71. The van der Waals surface area contributed by atoms with Crippen LogP contribution in [-0.4, -0.2) is 6.61 Å². The molecule has 0 fully saturated rings. The molecule has 1 aliphatic heterocycles. The third-order valence-corrected chi connectivity index (χ3v) is 2.04. The molecule has 0 N–H and O–H groups in total. The van der Waals surface area contributed by atoms with Gasteiger partial charge in [-0.25, -0.2) is 0 Å². The van der Waals surface area contributed by atoms with E-state index in [4.69, 9.17) is 4.74 Å². The van der Waals surface area contributed by atoms with Gasteiger partial charge in [0.15, 0.2) is 0 Å². The van der Waals surface area contributed by atoms with Gasteiger partial charge >= 0.3 is 0 Å². The fraction of sp³-hybridized carbons (Fsp3) is 0.200. The third-order valence-electron chi connectivity index (χ3n) is 2.04. The van der Waals surface area contributed by atoms with E-state index in [-0.39, 0.29) is 0 Å². The van der Waals surface area contributed by atoms with E-state index < -0.39 is 0 Å². The highest BCUT2D eigenvalue weighted by atomic mass is 16.5. The van der Waals surface area contributed by atoms with E-state index in [1.165, 1.54) is 5.56 Å². The van der Waals surface area contributed by atoms with E-state index in [1.807, 2.05) is 12.1 Å². The number of benzene rings is 1. The van der Waals surface area contributed by atoms with Crippen LogP contribution in [-0.2, 0) is 6.42 Å². The average Bonchev–Trinajstić information content (AvgIpc) is 2.45. The van der Waals surface area contributed by atoms with Crippen molar-refractivity contribution in [2.75, 3.05) is 6.61 Å². The van der Waals surface area contributed by atoms with Crippen LogP contribution in [0.15, 0.2) is 12.1 Å². The quantitative estimate of drug-likeness (QED) is 0.516. The second kappa shape index (κ2) is 2.12. The molecule has 1 aromatic rings. The number of hydrogen-bond acceptors (Lipinski definition) is 1. The fourth-order valence-electron chi connectivity index (χ4n) is 1.43. The van der Waals surface area contributed by atoms with Gasteiger partial charge in [-0.15, -0.1) is 0 Å². The maximum absolute atomic E-state index is 5.41. The molecule has 0 aromatic heterocycles. The van der Waals surface area contributed by atoms with Crippen LogP contribution in [0.1, 0.15) is 5.56 Å². The molecule has 0 saturated carbocycles. The lowest BCUT2D eigenvalue weighted by atomic mass is 10.1. The molecular formula is C10H10O. The van der Waals surface area contributed by atoms with Crippen LogP contribution in [0.25, 0.3) is 13.2 Å². The van der Waals surface area contributed by atoms with Crippen molar-refractivity contribution >= 4 is 13.2 Å². The lowest BCUT2D eigenvalue weighted by Crippen LogP contribution is -2.11. The molecule has 11 heavy (non-hydrogen) atoms. The van der Waals surface area contributed by atoms with E-state index in [0.29, 0.717) is 0 Å². The van der Waals surface area contributed by atoms with Gasteiger partial charge in [0.2, 0.25) is 0 Å². The Morgan fingerprint density at radius 3 is 2.64 bits per heavy atom. The zero-order valence-corrected chi connectivity index (χ0v) is 6.39. The minimum absolute atomic E-state index is 0.782. The molecule has 0 radical (unpaired) electrons. The van der Waals surface area contributed by atoms with Gasteiger partial charge in [-0.3, -0.25) is 0 Å². The topological polar surface area (TPSA) is 9.23 Å². The molecule has 1 heteroatoms. The highest BCUT2D eigenvalue weighted by Gasteiger charge is 2.12. The van der Waals surface area contributed by atoms with E-state index in [1.54, 1.807) is 0 Å². The second-order valence-electron chi connectivity index (χ2n) is 2.79. The first-order valence-corrected chi connectivity index (χ1v) is 3.71. The Labute approximate surface area is 65.6 Å². The lowest BCUT2D eigenvalue weighted by molar-refractivity contribution is 0.354. The van der Waals surface area contributed by atoms with Crippen LogP contribution in [0.4, 0.5) is 0 Å². The Hall–Kier alpha value is -1.24.